The van der Waals surface area contributed by atoms with Crippen molar-refractivity contribution >= 4 is 28.6 Å². The Bertz CT molecular complexity index is 1030. The van der Waals surface area contributed by atoms with E-state index in [4.69, 9.17) is 4.74 Å². The van der Waals surface area contributed by atoms with Gasteiger partial charge < -0.3 is 14.6 Å². The van der Waals surface area contributed by atoms with Crippen molar-refractivity contribution in [1.82, 2.24) is 19.8 Å². The van der Waals surface area contributed by atoms with Gasteiger partial charge in [0.05, 0.1) is 20.2 Å². The molecule has 1 N–H and O–H groups in total. The van der Waals surface area contributed by atoms with Gasteiger partial charge in [0.2, 0.25) is 0 Å². The molecule has 29 heavy (non-hydrogen) atoms. The minimum atomic E-state index is -0.215. The molecule has 0 aliphatic carbocycles. The largest absolute Gasteiger partial charge is 0.496 e. The van der Waals surface area contributed by atoms with Crippen LogP contribution in [0, 0.1) is 0 Å². The maximum atomic E-state index is 13.0. The Kier molecular flexibility index (Phi) is 6.08. The summed E-state index contributed by atoms with van der Waals surface area (Å²) in [6, 6.07) is 5.35. The number of aromatic nitrogens is 2. The number of thiophene rings is 1. The van der Waals surface area contributed by atoms with Gasteiger partial charge in [-0.15, -0.1) is 22.7 Å². The fraction of sp³-hybridized carbons (Fsp3) is 0.350. The lowest BCUT2D eigenvalue weighted by Gasteiger charge is -2.17. The number of pyridine rings is 1. The van der Waals surface area contributed by atoms with Gasteiger partial charge in [0, 0.05) is 54.3 Å². The molecule has 0 saturated carbocycles. The van der Waals surface area contributed by atoms with E-state index < -0.39 is 0 Å². The molecule has 3 aromatic rings. The zero-order chi connectivity index (χ0) is 20.2. The molecule has 1 aliphatic rings. The van der Waals surface area contributed by atoms with Crippen LogP contribution in [0.5, 0.6) is 5.75 Å². The maximum absolute atomic E-state index is 13.0. The lowest BCUT2D eigenvalue weighted by atomic mass is 10.1. The molecule has 0 bridgehead atoms. The molecule has 9 heteroatoms. The van der Waals surface area contributed by atoms with Crippen molar-refractivity contribution in [2.45, 2.75) is 26.1 Å². The smallest absolute Gasteiger partial charge is 0.257 e. The molecule has 0 atom stereocenters. The van der Waals surface area contributed by atoms with E-state index in [0.29, 0.717) is 30.8 Å². The second-order valence-electron chi connectivity index (χ2n) is 6.74. The topological polar surface area (TPSA) is 76.5 Å². The van der Waals surface area contributed by atoms with Crippen molar-refractivity contribution in [3.63, 3.8) is 0 Å². The van der Waals surface area contributed by atoms with Crippen LogP contribution >= 0.6 is 22.7 Å². The minimum Gasteiger partial charge on any atom is -0.496 e. The van der Waals surface area contributed by atoms with E-state index in [1.165, 1.54) is 13.2 Å². The molecule has 4 rings (SSSR count). The molecule has 7 nitrogen and oxygen atoms in total. The number of hydrogen-bond acceptors (Lipinski definition) is 7. The number of methoxy groups -OCH3 is 1. The summed E-state index contributed by atoms with van der Waals surface area (Å²) in [6.07, 6.45) is 2.40. The van der Waals surface area contributed by atoms with Crippen LogP contribution in [0.25, 0.3) is 0 Å². The number of nitrogens with zero attached hydrogens (tertiary/aromatic N) is 3. The van der Waals surface area contributed by atoms with Crippen molar-refractivity contribution in [2.24, 2.45) is 0 Å². The van der Waals surface area contributed by atoms with Crippen molar-refractivity contribution < 1.29 is 9.53 Å². The lowest BCUT2D eigenvalue weighted by molar-refractivity contribution is 0.0946. The van der Waals surface area contributed by atoms with Crippen molar-refractivity contribution in [1.29, 1.82) is 0 Å². The first-order chi connectivity index (χ1) is 14.2. The van der Waals surface area contributed by atoms with E-state index in [1.807, 2.05) is 22.9 Å². The fourth-order valence-corrected chi connectivity index (χ4v) is 4.85. The fourth-order valence-electron chi connectivity index (χ4n) is 3.55. The van der Waals surface area contributed by atoms with Crippen molar-refractivity contribution in [3.05, 3.63) is 66.7 Å². The summed E-state index contributed by atoms with van der Waals surface area (Å²) in [5.41, 5.74) is 1.06. The second-order valence-corrected chi connectivity index (χ2v) is 8.75. The van der Waals surface area contributed by atoms with Crippen LogP contribution in [0.4, 0.5) is 0 Å². The molecule has 0 fully saturated rings. The highest BCUT2D eigenvalue weighted by atomic mass is 32.1. The van der Waals surface area contributed by atoms with Gasteiger partial charge >= 0.3 is 0 Å². The van der Waals surface area contributed by atoms with Gasteiger partial charge in [-0.3, -0.25) is 14.5 Å². The van der Waals surface area contributed by atoms with Crippen molar-refractivity contribution in [2.75, 3.05) is 20.2 Å². The van der Waals surface area contributed by atoms with Crippen molar-refractivity contribution in [3.8, 4) is 5.75 Å². The highest BCUT2D eigenvalue weighted by molar-refractivity contribution is 7.10. The molecule has 152 valence electrons. The highest BCUT2D eigenvalue weighted by Gasteiger charge is 2.25. The zero-order valence-electron chi connectivity index (χ0n) is 16.1. The summed E-state index contributed by atoms with van der Waals surface area (Å²) in [7, 11) is 1.49. The predicted octanol–water partition coefficient (Wildman–Crippen LogP) is 2.36. The molecule has 0 spiro atoms. The monoisotopic (exact) mass is 430 g/mol. The Balaban J connectivity index is 1.59. The van der Waals surface area contributed by atoms with E-state index in [-0.39, 0.29) is 11.5 Å². The summed E-state index contributed by atoms with van der Waals surface area (Å²) < 4.78 is 7.12. The average molecular weight is 431 g/mol. The van der Waals surface area contributed by atoms with Gasteiger partial charge in [-0.1, -0.05) is 6.07 Å². The van der Waals surface area contributed by atoms with E-state index in [2.05, 4.69) is 15.2 Å². The highest BCUT2D eigenvalue weighted by Crippen LogP contribution is 2.23. The molecular weight excluding hydrogens is 408 g/mol. The number of nitrogens with one attached hydrogen (secondary N) is 1. The Hall–Kier alpha value is -2.49. The van der Waals surface area contributed by atoms with Crippen LogP contribution in [0.15, 0.2) is 40.0 Å². The first kappa shape index (κ1) is 19.8. The zero-order valence-corrected chi connectivity index (χ0v) is 17.7. The SMILES string of the molecule is COc1cc(=O)n2c(c1C(=O)NCc1cccs1)CCN(Cc1nccs1)CC2. The molecule has 4 heterocycles. The second kappa shape index (κ2) is 8.89. The van der Waals surface area contributed by atoms with Gasteiger partial charge in [0.25, 0.3) is 11.5 Å². The predicted molar refractivity (Wildman–Crippen MR) is 114 cm³/mol. The number of fused-ring (bicyclic) bond motifs is 1. The van der Waals surface area contributed by atoms with Gasteiger partial charge in [0.1, 0.15) is 16.3 Å². The van der Waals surface area contributed by atoms with Crippen LogP contribution in [0.2, 0.25) is 0 Å². The Morgan fingerprint density at radius 2 is 2.17 bits per heavy atom. The Labute approximate surface area is 176 Å². The van der Waals surface area contributed by atoms with E-state index in [9.17, 15) is 9.59 Å². The number of thiazole rings is 1. The summed E-state index contributed by atoms with van der Waals surface area (Å²) in [5, 5.41) is 7.96. The number of carbonyl (C=O) groups is 1. The van der Waals surface area contributed by atoms with Crippen LogP contribution in [-0.2, 0) is 26.1 Å². The number of amides is 1. The summed E-state index contributed by atoms with van der Waals surface area (Å²) >= 11 is 3.22. The maximum Gasteiger partial charge on any atom is 0.257 e. The summed E-state index contributed by atoms with van der Waals surface area (Å²) in [6.45, 7) is 3.22. The third-order valence-corrected chi connectivity index (χ3v) is 6.62. The quantitative estimate of drug-likeness (QED) is 0.650. The average Bonchev–Trinajstić information content (AvgIpc) is 3.38. The van der Waals surface area contributed by atoms with Crippen LogP contribution < -0.4 is 15.6 Å². The molecule has 1 aliphatic heterocycles. The third kappa shape index (κ3) is 4.42. The minimum absolute atomic E-state index is 0.136. The van der Waals surface area contributed by atoms with Gasteiger partial charge in [-0.05, 0) is 11.4 Å². The van der Waals surface area contributed by atoms with E-state index >= 15 is 0 Å². The van der Waals surface area contributed by atoms with Crippen LogP contribution in [0.3, 0.4) is 0 Å². The van der Waals surface area contributed by atoms with Crippen LogP contribution in [-0.4, -0.2) is 40.6 Å². The molecule has 0 aromatic carbocycles. The third-order valence-electron chi connectivity index (χ3n) is 4.98. The van der Waals surface area contributed by atoms with Gasteiger partial charge in [0.15, 0.2) is 0 Å². The molecular formula is C20H22N4O3S2. The number of hydrogen-bond donors (Lipinski definition) is 1. The van der Waals surface area contributed by atoms with E-state index in [0.717, 1.165) is 35.2 Å². The Morgan fingerprint density at radius 3 is 2.90 bits per heavy atom. The molecule has 1 amide bonds. The molecule has 0 unspecified atom stereocenters. The first-order valence-corrected chi connectivity index (χ1v) is 11.1. The number of ether oxygens (including phenoxy) is 1. The summed E-state index contributed by atoms with van der Waals surface area (Å²) in [4.78, 5) is 33.4. The standard InChI is InChI=1S/C20H22N4O3S2/c1-27-16-11-18(25)24-8-7-23(13-17-21-5-10-29-17)6-4-15(24)19(16)20(26)22-12-14-3-2-9-28-14/h2-3,5,9-11H,4,6-8,12-13H2,1H3,(H,22,26). The van der Waals surface area contributed by atoms with Crippen LogP contribution in [0.1, 0.15) is 25.9 Å². The summed E-state index contributed by atoms with van der Waals surface area (Å²) in [5.74, 6) is 0.116. The number of rotatable bonds is 6. The number of carbonyl (C=O) groups excluding carboxylic acids is 1. The lowest BCUT2D eigenvalue weighted by Crippen LogP contribution is -2.31. The molecule has 0 saturated heterocycles. The Morgan fingerprint density at radius 1 is 1.28 bits per heavy atom. The van der Waals surface area contributed by atoms with Gasteiger partial charge in [-0.2, -0.15) is 0 Å². The normalized spacial score (nSPS) is 14.2. The first-order valence-electron chi connectivity index (χ1n) is 9.37. The molecule has 3 aromatic heterocycles. The van der Waals surface area contributed by atoms with E-state index in [1.54, 1.807) is 33.4 Å². The molecule has 0 radical (unpaired) electrons. The van der Waals surface area contributed by atoms with Gasteiger partial charge in [-0.25, -0.2) is 4.98 Å².